The molecule has 0 N–H and O–H groups in total. The van der Waals surface area contributed by atoms with E-state index in [1.807, 2.05) is 66.7 Å². The van der Waals surface area contributed by atoms with Crippen molar-refractivity contribution in [3.05, 3.63) is 84.9 Å². The molecule has 0 aliphatic rings. The summed E-state index contributed by atoms with van der Waals surface area (Å²) in [4.78, 5) is 3.80. The average molecular weight is 281 g/mol. The number of hydrogen-bond donors (Lipinski definition) is 0. The smallest absolute Gasteiger partial charge is 0.221 e. The van der Waals surface area contributed by atoms with Crippen molar-refractivity contribution >= 4 is 23.8 Å². The Bertz CT molecular complexity index is 646. The third-order valence-corrected chi connectivity index (χ3v) is 5.45. The van der Waals surface area contributed by atoms with Crippen molar-refractivity contribution in [3.8, 4) is 0 Å². The maximum Gasteiger partial charge on any atom is 0.221 e. The SMILES string of the molecule is Fc1ncccc1P(c1ccccc1)c1ccccc1. The molecule has 0 saturated heterocycles. The van der Waals surface area contributed by atoms with Crippen molar-refractivity contribution < 1.29 is 4.39 Å². The third kappa shape index (κ3) is 2.61. The van der Waals surface area contributed by atoms with E-state index in [2.05, 4.69) is 4.98 Å². The first kappa shape index (κ1) is 13.0. The molecule has 0 spiro atoms. The minimum absolute atomic E-state index is 0.383. The molecule has 1 aromatic heterocycles. The summed E-state index contributed by atoms with van der Waals surface area (Å²) < 4.78 is 14.1. The van der Waals surface area contributed by atoms with Crippen LogP contribution in [0.5, 0.6) is 0 Å². The molecule has 0 aliphatic carbocycles. The molecule has 0 saturated carbocycles. The minimum atomic E-state index is -0.904. The Morgan fingerprint density at radius 2 is 1.25 bits per heavy atom. The molecule has 0 unspecified atom stereocenters. The van der Waals surface area contributed by atoms with E-state index in [9.17, 15) is 4.39 Å². The fourth-order valence-electron chi connectivity index (χ4n) is 2.13. The lowest BCUT2D eigenvalue weighted by Gasteiger charge is -2.19. The summed E-state index contributed by atoms with van der Waals surface area (Å²) in [6, 6.07) is 23.7. The summed E-state index contributed by atoms with van der Waals surface area (Å²) in [7, 11) is -0.904. The van der Waals surface area contributed by atoms with Gasteiger partial charge in [0.1, 0.15) is 0 Å². The summed E-state index contributed by atoms with van der Waals surface area (Å²) in [5, 5.41) is 2.92. The predicted molar refractivity (Wildman–Crippen MR) is 82.9 cm³/mol. The van der Waals surface area contributed by atoms with Crippen LogP contribution in [-0.2, 0) is 0 Å². The molecule has 1 heterocycles. The van der Waals surface area contributed by atoms with Crippen LogP contribution in [-0.4, -0.2) is 4.98 Å². The average Bonchev–Trinajstić information content (AvgIpc) is 2.52. The van der Waals surface area contributed by atoms with E-state index < -0.39 is 7.92 Å². The highest BCUT2D eigenvalue weighted by Crippen LogP contribution is 2.32. The van der Waals surface area contributed by atoms with E-state index >= 15 is 0 Å². The maximum atomic E-state index is 14.1. The first-order valence-corrected chi connectivity index (χ1v) is 7.71. The van der Waals surface area contributed by atoms with Crippen molar-refractivity contribution in [2.75, 3.05) is 0 Å². The summed E-state index contributed by atoms with van der Waals surface area (Å²) in [5.41, 5.74) is 0. The molecule has 0 amide bonds. The van der Waals surface area contributed by atoms with Crippen LogP contribution < -0.4 is 15.9 Å². The fourth-order valence-corrected chi connectivity index (χ4v) is 4.40. The van der Waals surface area contributed by atoms with Crippen LogP contribution in [0.1, 0.15) is 0 Å². The van der Waals surface area contributed by atoms with E-state index in [1.165, 1.54) is 6.20 Å². The van der Waals surface area contributed by atoms with E-state index in [0.717, 1.165) is 10.6 Å². The Labute approximate surface area is 118 Å². The predicted octanol–water partition coefficient (Wildman–Crippen LogP) is 2.98. The summed E-state index contributed by atoms with van der Waals surface area (Å²) in [5.74, 6) is -0.383. The van der Waals surface area contributed by atoms with Crippen LogP contribution in [0, 0.1) is 5.95 Å². The first-order chi connectivity index (χ1) is 9.86. The van der Waals surface area contributed by atoms with Crippen LogP contribution in [0.4, 0.5) is 4.39 Å². The second-order valence-corrected chi connectivity index (χ2v) is 6.51. The van der Waals surface area contributed by atoms with Gasteiger partial charge in [0.15, 0.2) is 0 Å². The van der Waals surface area contributed by atoms with Crippen molar-refractivity contribution in [1.82, 2.24) is 4.98 Å². The van der Waals surface area contributed by atoms with Gasteiger partial charge in [-0.1, -0.05) is 60.7 Å². The molecule has 0 radical (unpaired) electrons. The van der Waals surface area contributed by atoms with Gasteiger partial charge < -0.3 is 0 Å². The molecule has 0 aliphatic heterocycles. The van der Waals surface area contributed by atoms with Gasteiger partial charge >= 0.3 is 0 Å². The Balaban J connectivity index is 2.17. The number of nitrogens with zero attached hydrogens (tertiary/aromatic N) is 1. The second-order valence-electron chi connectivity index (χ2n) is 4.32. The molecule has 98 valence electrons. The number of benzene rings is 2. The van der Waals surface area contributed by atoms with E-state index in [1.54, 1.807) is 6.07 Å². The Morgan fingerprint density at radius 3 is 1.75 bits per heavy atom. The van der Waals surface area contributed by atoms with Gasteiger partial charge in [-0.15, -0.1) is 0 Å². The lowest BCUT2D eigenvalue weighted by molar-refractivity contribution is 0.593. The molecule has 0 bridgehead atoms. The van der Waals surface area contributed by atoms with E-state index in [-0.39, 0.29) is 5.95 Å². The molecule has 3 heteroatoms. The zero-order valence-electron chi connectivity index (χ0n) is 10.8. The Hall–Kier alpha value is -2.05. The number of halogens is 1. The van der Waals surface area contributed by atoms with Gasteiger partial charge in [0.25, 0.3) is 0 Å². The topological polar surface area (TPSA) is 12.9 Å². The number of rotatable bonds is 3. The van der Waals surface area contributed by atoms with Gasteiger partial charge in [0.2, 0.25) is 5.95 Å². The zero-order valence-corrected chi connectivity index (χ0v) is 11.7. The van der Waals surface area contributed by atoms with E-state index in [4.69, 9.17) is 0 Å². The van der Waals surface area contributed by atoms with Gasteiger partial charge in [-0.05, 0) is 30.7 Å². The number of pyridine rings is 1. The maximum absolute atomic E-state index is 14.1. The van der Waals surface area contributed by atoms with E-state index in [0.29, 0.717) is 5.30 Å². The van der Waals surface area contributed by atoms with Crippen LogP contribution in [0.25, 0.3) is 0 Å². The van der Waals surface area contributed by atoms with Gasteiger partial charge in [-0.2, -0.15) is 4.39 Å². The highest BCUT2D eigenvalue weighted by Gasteiger charge is 2.19. The lowest BCUT2D eigenvalue weighted by atomic mass is 10.4. The molecule has 0 fully saturated rings. The fraction of sp³-hybridized carbons (Fsp3) is 0. The molecule has 3 rings (SSSR count). The van der Waals surface area contributed by atoms with Crippen LogP contribution in [0.3, 0.4) is 0 Å². The molecular weight excluding hydrogens is 268 g/mol. The molecule has 0 atom stereocenters. The van der Waals surface area contributed by atoms with Gasteiger partial charge in [0, 0.05) is 11.5 Å². The normalized spacial score (nSPS) is 10.7. The largest absolute Gasteiger partial charge is 0.228 e. The van der Waals surface area contributed by atoms with Crippen LogP contribution >= 0.6 is 7.92 Å². The molecule has 2 aromatic carbocycles. The zero-order chi connectivity index (χ0) is 13.8. The van der Waals surface area contributed by atoms with Crippen LogP contribution in [0.15, 0.2) is 79.0 Å². The monoisotopic (exact) mass is 281 g/mol. The minimum Gasteiger partial charge on any atom is -0.228 e. The summed E-state index contributed by atoms with van der Waals surface area (Å²) >= 11 is 0. The Morgan fingerprint density at radius 1 is 0.700 bits per heavy atom. The second kappa shape index (κ2) is 5.94. The Kier molecular flexibility index (Phi) is 3.85. The number of aromatic nitrogens is 1. The van der Waals surface area contributed by atoms with Gasteiger partial charge in [0.05, 0.1) is 0 Å². The van der Waals surface area contributed by atoms with Crippen molar-refractivity contribution in [2.45, 2.75) is 0 Å². The highest BCUT2D eigenvalue weighted by atomic mass is 31.1. The van der Waals surface area contributed by atoms with Crippen LogP contribution in [0.2, 0.25) is 0 Å². The molecular formula is C17H13FNP. The summed E-state index contributed by atoms with van der Waals surface area (Å²) in [6.45, 7) is 0. The third-order valence-electron chi connectivity index (χ3n) is 3.01. The number of hydrogen-bond acceptors (Lipinski definition) is 1. The van der Waals surface area contributed by atoms with Crippen molar-refractivity contribution in [3.63, 3.8) is 0 Å². The van der Waals surface area contributed by atoms with Gasteiger partial charge in [-0.25, -0.2) is 4.98 Å². The summed E-state index contributed by atoms with van der Waals surface area (Å²) in [6.07, 6.45) is 1.49. The lowest BCUT2D eigenvalue weighted by Crippen LogP contribution is -2.23. The van der Waals surface area contributed by atoms with Crippen molar-refractivity contribution in [1.29, 1.82) is 0 Å². The molecule has 20 heavy (non-hydrogen) atoms. The quantitative estimate of drug-likeness (QED) is 0.531. The molecule has 3 aromatic rings. The standard InChI is InChI=1S/C17H13FNP/c18-17-16(12-7-13-19-17)20(14-8-3-1-4-9-14)15-10-5-2-6-11-15/h1-13H. The first-order valence-electron chi connectivity index (χ1n) is 6.37. The molecule has 1 nitrogen and oxygen atoms in total. The van der Waals surface area contributed by atoms with Crippen molar-refractivity contribution in [2.24, 2.45) is 0 Å². The highest BCUT2D eigenvalue weighted by molar-refractivity contribution is 7.79. The van der Waals surface area contributed by atoms with Gasteiger partial charge in [-0.3, -0.25) is 0 Å².